The SMILES string of the molecule is CS(C)(=O)=NC(=O)c1nc(-c2cccc(OC(F)(F)F)c2)no1. The summed E-state index contributed by atoms with van der Waals surface area (Å²) in [5.41, 5.74) is 0.142. The van der Waals surface area contributed by atoms with Crippen LogP contribution in [0.1, 0.15) is 10.7 Å². The number of amides is 1. The van der Waals surface area contributed by atoms with Gasteiger partial charge in [-0.25, -0.2) is 4.21 Å². The van der Waals surface area contributed by atoms with Crippen LogP contribution in [-0.4, -0.2) is 39.1 Å². The van der Waals surface area contributed by atoms with Crippen molar-refractivity contribution in [2.75, 3.05) is 12.5 Å². The highest BCUT2D eigenvalue weighted by Gasteiger charge is 2.31. The van der Waals surface area contributed by atoms with Crippen molar-refractivity contribution < 1.29 is 31.4 Å². The Morgan fingerprint density at radius 2 is 2.04 bits per heavy atom. The monoisotopic (exact) mass is 349 g/mol. The highest BCUT2D eigenvalue weighted by molar-refractivity contribution is 7.92. The maximum Gasteiger partial charge on any atom is 0.573 e. The van der Waals surface area contributed by atoms with E-state index < -0.39 is 33.6 Å². The van der Waals surface area contributed by atoms with Crippen molar-refractivity contribution in [3.05, 3.63) is 30.2 Å². The molecule has 2 rings (SSSR count). The van der Waals surface area contributed by atoms with Gasteiger partial charge in [-0.1, -0.05) is 17.3 Å². The van der Waals surface area contributed by atoms with Crippen molar-refractivity contribution in [2.45, 2.75) is 6.36 Å². The largest absolute Gasteiger partial charge is 0.573 e. The van der Waals surface area contributed by atoms with Crippen LogP contribution in [0.4, 0.5) is 13.2 Å². The predicted molar refractivity (Wildman–Crippen MR) is 73.2 cm³/mol. The van der Waals surface area contributed by atoms with Gasteiger partial charge in [0.25, 0.3) is 0 Å². The number of halogens is 3. The van der Waals surface area contributed by atoms with E-state index in [1.807, 2.05) is 0 Å². The van der Waals surface area contributed by atoms with E-state index in [0.29, 0.717) is 0 Å². The molecule has 0 spiro atoms. The zero-order chi connectivity index (χ0) is 17.3. The van der Waals surface area contributed by atoms with Crippen LogP contribution in [0.25, 0.3) is 11.4 Å². The van der Waals surface area contributed by atoms with E-state index in [1.54, 1.807) is 0 Å². The van der Waals surface area contributed by atoms with E-state index >= 15 is 0 Å². The molecular formula is C12H10F3N3O4S. The van der Waals surface area contributed by atoms with Crippen LogP contribution in [-0.2, 0) is 9.73 Å². The number of carbonyl (C=O) groups excluding carboxylic acids is 1. The summed E-state index contributed by atoms with van der Waals surface area (Å²) in [5, 5.41) is 3.48. The average molecular weight is 349 g/mol. The Balaban J connectivity index is 2.29. The first kappa shape index (κ1) is 16.9. The van der Waals surface area contributed by atoms with Gasteiger partial charge in [-0.15, -0.1) is 13.2 Å². The molecule has 0 N–H and O–H groups in total. The highest BCUT2D eigenvalue weighted by atomic mass is 32.2. The molecule has 11 heteroatoms. The van der Waals surface area contributed by atoms with Crippen molar-refractivity contribution in [3.8, 4) is 17.1 Å². The van der Waals surface area contributed by atoms with Crippen molar-refractivity contribution in [1.82, 2.24) is 10.1 Å². The molecular weight excluding hydrogens is 339 g/mol. The number of hydrogen-bond donors (Lipinski definition) is 0. The lowest BCUT2D eigenvalue weighted by atomic mass is 10.2. The zero-order valence-electron chi connectivity index (χ0n) is 11.8. The van der Waals surface area contributed by atoms with E-state index in [4.69, 9.17) is 0 Å². The number of rotatable bonds is 3. The van der Waals surface area contributed by atoms with Crippen molar-refractivity contribution >= 4 is 15.6 Å². The summed E-state index contributed by atoms with van der Waals surface area (Å²) in [6.07, 6.45) is -2.33. The molecule has 0 radical (unpaired) electrons. The second-order valence-corrected chi connectivity index (χ2v) is 7.12. The molecule has 0 fully saturated rings. The number of ether oxygens (including phenoxy) is 1. The minimum atomic E-state index is -4.83. The Morgan fingerprint density at radius 1 is 1.35 bits per heavy atom. The minimum absolute atomic E-state index is 0.130. The number of alkyl halides is 3. The molecule has 1 heterocycles. The van der Waals surface area contributed by atoms with Crippen LogP contribution >= 0.6 is 0 Å². The quantitative estimate of drug-likeness (QED) is 0.845. The van der Waals surface area contributed by atoms with Crippen LogP contribution < -0.4 is 4.74 Å². The van der Waals surface area contributed by atoms with Gasteiger partial charge in [0.2, 0.25) is 5.82 Å². The maximum atomic E-state index is 12.2. The molecule has 0 atom stereocenters. The lowest BCUT2D eigenvalue weighted by molar-refractivity contribution is -0.274. The van der Waals surface area contributed by atoms with Gasteiger partial charge in [0, 0.05) is 27.8 Å². The van der Waals surface area contributed by atoms with E-state index in [-0.39, 0.29) is 11.4 Å². The summed E-state index contributed by atoms with van der Waals surface area (Å²) in [5.74, 6) is -2.09. The third-order valence-electron chi connectivity index (χ3n) is 2.24. The third kappa shape index (κ3) is 5.06. The average Bonchev–Trinajstić information content (AvgIpc) is 2.84. The molecule has 124 valence electrons. The minimum Gasteiger partial charge on any atom is -0.406 e. The summed E-state index contributed by atoms with van der Waals surface area (Å²) >= 11 is 0. The van der Waals surface area contributed by atoms with Crippen LogP contribution in [0.15, 0.2) is 33.2 Å². The molecule has 0 saturated carbocycles. The van der Waals surface area contributed by atoms with Crippen molar-refractivity contribution in [1.29, 1.82) is 0 Å². The number of aromatic nitrogens is 2. The summed E-state index contributed by atoms with van der Waals surface area (Å²) in [4.78, 5) is 15.4. The van der Waals surface area contributed by atoms with E-state index in [9.17, 15) is 22.2 Å². The summed E-state index contributed by atoms with van der Waals surface area (Å²) in [6.45, 7) is 0. The van der Waals surface area contributed by atoms with Gasteiger partial charge in [-0.3, -0.25) is 4.79 Å². The van der Waals surface area contributed by atoms with Crippen molar-refractivity contribution in [2.24, 2.45) is 4.36 Å². The summed E-state index contributed by atoms with van der Waals surface area (Å²) < 4.78 is 59.8. The fraction of sp³-hybridized carbons (Fsp3) is 0.250. The topological polar surface area (TPSA) is 94.7 Å². The standard InChI is InChI=1S/C12H10F3N3O4S/c1-23(2,20)18-10(19)11-16-9(17-22-11)7-4-3-5-8(6-7)21-12(13,14)15/h3-6H,1-2H3. The molecule has 23 heavy (non-hydrogen) atoms. The van der Waals surface area contributed by atoms with Crippen molar-refractivity contribution in [3.63, 3.8) is 0 Å². The normalized spacial score (nSPS) is 12.0. The second kappa shape index (κ2) is 5.99. The molecule has 0 saturated heterocycles. The lowest BCUT2D eigenvalue weighted by Gasteiger charge is -2.08. The number of carbonyl (C=O) groups is 1. The molecule has 0 aliphatic rings. The fourth-order valence-corrected chi connectivity index (χ4v) is 1.98. The number of nitrogens with zero attached hydrogens (tertiary/aromatic N) is 3. The van der Waals surface area contributed by atoms with Gasteiger partial charge >= 0.3 is 18.2 Å². The Labute approximate surface area is 128 Å². The van der Waals surface area contributed by atoms with Gasteiger partial charge in [-0.2, -0.15) is 9.35 Å². The second-order valence-electron chi connectivity index (χ2n) is 4.58. The molecule has 0 bridgehead atoms. The molecule has 1 amide bonds. The van der Waals surface area contributed by atoms with Gasteiger partial charge in [0.1, 0.15) is 5.75 Å². The Bertz CT molecular complexity index is 845. The van der Waals surface area contributed by atoms with Crippen LogP contribution in [0.5, 0.6) is 5.75 Å². The molecule has 7 nitrogen and oxygen atoms in total. The van der Waals surface area contributed by atoms with Gasteiger partial charge in [0.05, 0.1) is 0 Å². The molecule has 2 aromatic rings. The molecule has 0 aliphatic heterocycles. The van der Waals surface area contributed by atoms with Gasteiger partial charge in [0.15, 0.2) is 0 Å². The molecule has 1 aromatic heterocycles. The first-order valence-corrected chi connectivity index (χ1v) is 8.28. The van der Waals surface area contributed by atoms with E-state index in [2.05, 4.69) is 23.8 Å². The number of hydrogen-bond acceptors (Lipinski definition) is 6. The Morgan fingerprint density at radius 3 is 2.65 bits per heavy atom. The summed E-state index contributed by atoms with van der Waals surface area (Å²) in [7, 11) is -2.70. The van der Waals surface area contributed by atoms with Crippen LogP contribution in [0.2, 0.25) is 0 Å². The van der Waals surface area contributed by atoms with E-state index in [1.165, 1.54) is 24.6 Å². The first-order valence-electron chi connectivity index (χ1n) is 5.95. The van der Waals surface area contributed by atoms with Gasteiger partial charge < -0.3 is 9.26 Å². The highest BCUT2D eigenvalue weighted by Crippen LogP contribution is 2.26. The lowest BCUT2D eigenvalue weighted by Crippen LogP contribution is -2.17. The Hall–Kier alpha value is -2.43. The number of benzene rings is 1. The zero-order valence-corrected chi connectivity index (χ0v) is 12.6. The predicted octanol–water partition coefficient (Wildman–Crippen LogP) is 2.50. The maximum absolute atomic E-state index is 12.2. The smallest absolute Gasteiger partial charge is 0.406 e. The third-order valence-corrected chi connectivity index (χ3v) is 2.84. The Kier molecular flexibility index (Phi) is 4.41. The van der Waals surface area contributed by atoms with Crippen LogP contribution in [0.3, 0.4) is 0 Å². The molecule has 0 unspecified atom stereocenters. The van der Waals surface area contributed by atoms with E-state index in [0.717, 1.165) is 12.1 Å². The first-order chi connectivity index (χ1) is 10.5. The summed E-state index contributed by atoms with van der Waals surface area (Å²) in [6, 6.07) is 4.83. The molecule has 1 aromatic carbocycles. The van der Waals surface area contributed by atoms with Crippen LogP contribution in [0, 0.1) is 0 Å². The van der Waals surface area contributed by atoms with Gasteiger partial charge in [-0.05, 0) is 12.1 Å². The fourth-order valence-electron chi connectivity index (χ4n) is 1.50. The molecule has 0 aliphatic carbocycles.